The molecule has 1 amide bonds. The van der Waals surface area contributed by atoms with Gasteiger partial charge in [0.05, 0.1) is 11.5 Å². The Balaban J connectivity index is 1.80. The summed E-state index contributed by atoms with van der Waals surface area (Å²) in [7, 11) is 0. The molecule has 1 N–H and O–H groups in total. The van der Waals surface area contributed by atoms with Crippen molar-refractivity contribution >= 4 is 29.0 Å². The minimum atomic E-state index is -0.740. The number of rotatable bonds is 6. The molecule has 0 saturated heterocycles. The first kappa shape index (κ1) is 17.6. The number of hydrogen-bond donors (Lipinski definition) is 1. The van der Waals surface area contributed by atoms with Crippen LogP contribution in [0.25, 0.3) is 0 Å². The maximum atomic E-state index is 12.4. The predicted molar refractivity (Wildman–Crippen MR) is 95.3 cm³/mol. The van der Waals surface area contributed by atoms with E-state index in [0.29, 0.717) is 13.1 Å². The van der Waals surface area contributed by atoms with Crippen molar-refractivity contribution in [2.45, 2.75) is 20.0 Å². The SMILES string of the molecule is CCn1cc([N+](=O)[O-])c(C(=O)Nc2nn(Cc3ccccc3)cc2Cl)n1. The molecule has 2 aromatic heterocycles. The molecule has 9 nitrogen and oxygen atoms in total. The third kappa shape index (κ3) is 3.72. The Labute approximate surface area is 153 Å². The number of halogens is 1. The Kier molecular flexibility index (Phi) is 4.99. The summed E-state index contributed by atoms with van der Waals surface area (Å²) in [6.07, 6.45) is 2.79. The van der Waals surface area contributed by atoms with Gasteiger partial charge in [-0.15, -0.1) is 0 Å². The zero-order chi connectivity index (χ0) is 18.7. The zero-order valence-corrected chi connectivity index (χ0v) is 14.6. The minimum absolute atomic E-state index is 0.118. The van der Waals surface area contributed by atoms with Crippen molar-refractivity contribution in [2.75, 3.05) is 5.32 Å². The van der Waals surface area contributed by atoms with Crippen molar-refractivity contribution in [2.24, 2.45) is 0 Å². The lowest BCUT2D eigenvalue weighted by Gasteiger charge is -2.02. The van der Waals surface area contributed by atoms with Crippen LogP contribution in [0.1, 0.15) is 23.0 Å². The van der Waals surface area contributed by atoms with Crippen LogP contribution in [0, 0.1) is 10.1 Å². The molecule has 0 aliphatic heterocycles. The highest BCUT2D eigenvalue weighted by molar-refractivity contribution is 6.33. The van der Waals surface area contributed by atoms with Crippen LogP contribution in [0.2, 0.25) is 5.02 Å². The molecule has 0 fully saturated rings. The van der Waals surface area contributed by atoms with E-state index in [1.165, 1.54) is 10.9 Å². The molecule has 2 heterocycles. The molecule has 3 rings (SSSR count). The van der Waals surface area contributed by atoms with E-state index in [9.17, 15) is 14.9 Å². The second-order valence-electron chi connectivity index (χ2n) is 5.44. The first-order valence-corrected chi connectivity index (χ1v) is 8.15. The first-order chi connectivity index (χ1) is 12.5. The Morgan fingerprint density at radius 1 is 1.23 bits per heavy atom. The summed E-state index contributed by atoms with van der Waals surface area (Å²) in [4.78, 5) is 22.8. The summed E-state index contributed by atoms with van der Waals surface area (Å²) in [6.45, 7) is 2.64. The van der Waals surface area contributed by atoms with E-state index in [1.54, 1.807) is 17.8 Å². The van der Waals surface area contributed by atoms with E-state index in [4.69, 9.17) is 11.6 Å². The smallest absolute Gasteiger partial charge is 0.302 e. The van der Waals surface area contributed by atoms with E-state index >= 15 is 0 Å². The Morgan fingerprint density at radius 2 is 1.96 bits per heavy atom. The quantitative estimate of drug-likeness (QED) is 0.527. The molecule has 0 atom stereocenters. The summed E-state index contributed by atoms with van der Waals surface area (Å²) < 4.78 is 2.90. The molecule has 0 saturated carbocycles. The van der Waals surface area contributed by atoms with Crippen LogP contribution in [0.4, 0.5) is 11.5 Å². The van der Waals surface area contributed by atoms with Gasteiger partial charge < -0.3 is 5.32 Å². The topological polar surface area (TPSA) is 108 Å². The van der Waals surface area contributed by atoms with E-state index in [2.05, 4.69) is 15.5 Å². The second-order valence-corrected chi connectivity index (χ2v) is 5.85. The largest absolute Gasteiger partial charge is 0.320 e. The molecule has 0 aliphatic carbocycles. The average molecular weight is 375 g/mol. The number of nitrogens with one attached hydrogen (secondary N) is 1. The third-order valence-corrected chi connectivity index (χ3v) is 3.89. The fourth-order valence-corrected chi connectivity index (χ4v) is 2.57. The molecule has 10 heteroatoms. The molecule has 0 bridgehead atoms. The number of nitrogens with zero attached hydrogens (tertiary/aromatic N) is 5. The van der Waals surface area contributed by atoms with Crippen molar-refractivity contribution in [3.8, 4) is 0 Å². The van der Waals surface area contributed by atoms with Crippen LogP contribution in [-0.4, -0.2) is 30.4 Å². The molecular formula is C16H15ClN6O3. The molecule has 134 valence electrons. The van der Waals surface area contributed by atoms with Gasteiger partial charge >= 0.3 is 5.69 Å². The van der Waals surface area contributed by atoms with Crippen LogP contribution < -0.4 is 5.32 Å². The standard InChI is InChI=1S/C16H15ClN6O3/c1-2-21-10-13(23(25)26)14(19-21)16(24)18-15-12(17)9-22(20-15)8-11-6-4-3-5-7-11/h3-7,9-10H,2,8H2,1H3,(H,18,20,24). The van der Waals surface area contributed by atoms with E-state index in [1.807, 2.05) is 30.3 Å². The number of carbonyl (C=O) groups is 1. The number of carbonyl (C=O) groups excluding carboxylic acids is 1. The lowest BCUT2D eigenvalue weighted by Crippen LogP contribution is -2.15. The summed E-state index contributed by atoms with van der Waals surface area (Å²) in [5, 5.41) is 22.0. The lowest BCUT2D eigenvalue weighted by atomic mass is 10.2. The second kappa shape index (κ2) is 7.36. The molecule has 26 heavy (non-hydrogen) atoms. The van der Waals surface area contributed by atoms with Crippen LogP contribution in [0.15, 0.2) is 42.7 Å². The third-order valence-electron chi connectivity index (χ3n) is 3.61. The van der Waals surface area contributed by atoms with Crippen molar-refractivity contribution in [1.82, 2.24) is 19.6 Å². The van der Waals surface area contributed by atoms with Crippen LogP contribution in [0.3, 0.4) is 0 Å². The van der Waals surface area contributed by atoms with Gasteiger partial charge in [0.1, 0.15) is 11.2 Å². The fraction of sp³-hybridized carbons (Fsp3) is 0.188. The molecule has 0 spiro atoms. The molecule has 0 aliphatic rings. The van der Waals surface area contributed by atoms with Gasteiger partial charge in [0.25, 0.3) is 5.91 Å². The number of aromatic nitrogens is 4. The minimum Gasteiger partial charge on any atom is -0.302 e. The number of nitro groups is 1. The van der Waals surface area contributed by atoms with Gasteiger partial charge in [0, 0.05) is 12.7 Å². The van der Waals surface area contributed by atoms with Crippen LogP contribution in [-0.2, 0) is 13.1 Å². The lowest BCUT2D eigenvalue weighted by molar-refractivity contribution is -0.385. The molecule has 0 unspecified atom stereocenters. The van der Waals surface area contributed by atoms with E-state index in [0.717, 1.165) is 5.56 Å². The number of aryl methyl sites for hydroxylation is 1. The summed E-state index contributed by atoms with van der Waals surface area (Å²) in [6, 6.07) is 9.61. The Bertz CT molecular complexity index is 950. The van der Waals surface area contributed by atoms with Gasteiger partial charge in [-0.1, -0.05) is 41.9 Å². The van der Waals surface area contributed by atoms with Crippen LogP contribution in [0.5, 0.6) is 0 Å². The Hall–Kier alpha value is -3.20. The van der Waals surface area contributed by atoms with Gasteiger partial charge in [-0.2, -0.15) is 10.2 Å². The first-order valence-electron chi connectivity index (χ1n) is 7.78. The van der Waals surface area contributed by atoms with Gasteiger partial charge in [-0.25, -0.2) is 0 Å². The highest BCUT2D eigenvalue weighted by Gasteiger charge is 2.26. The normalized spacial score (nSPS) is 10.7. The fourth-order valence-electron chi connectivity index (χ4n) is 2.37. The molecule has 1 aromatic carbocycles. The van der Waals surface area contributed by atoms with Crippen molar-refractivity contribution in [3.05, 3.63) is 69.1 Å². The predicted octanol–water partition coefficient (Wildman–Crippen LogP) is 2.96. The highest BCUT2D eigenvalue weighted by Crippen LogP contribution is 2.23. The molecule has 3 aromatic rings. The Morgan fingerprint density at radius 3 is 2.62 bits per heavy atom. The summed E-state index contributed by atoms with van der Waals surface area (Å²) in [5.74, 6) is -0.622. The molecule has 0 radical (unpaired) electrons. The number of hydrogen-bond acceptors (Lipinski definition) is 5. The van der Waals surface area contributed by atoms with Crippen LogP contribution >= 0.6 is 11.6 Å². The van der Waals surface area contributed by atoms with Crippen molar-refractivity contribution in [1.29, 1.82) is 0 Å². The van der Waals surface area contributed by atoms with Crippen molar-refractivity contribution in [3.63, 3.8) is 0 Å². The maximum Gasteiger partial charge on any atom is 0.320 e. The monoisotopic (exact) mass is 374 g/mol. The summed E-state index contributed by atoms with van der Waals surface area (Å²) in [5.41, 5.74) is 0.358. The number of anilines is 1. The zero-order valence-electron chi connectivity index (χ0n) is 13.8. The van der Waals surface area contributed by atoms with E-state index in [-0.39, 0.29) is 22.2 Å². The van der Waals surface area contributed by atoms with Gasteiger partial charge in [0.15, 0.2) is 5.82 Å². The molecular weight excluding hydrogens is 360 g/mol. The van der Waals surface area contributed by atoms with E-state index < -0.39 is 10.8 Å². The average Bonchev–Trinajstić information content (AvgIpc) is 3.20. The van der Waals surface area contributed by atoms with Crippen molar-refractivity contribution < 1.29 is 9.72 Å². The number of amides is 1. The van der Waals surface area contributed by atoms with Gasteiger partial charge in [-0.05, 0) is 12.5 Å². The number of benzene rings is 1. The van der Waals surface area contributed by atoms with Gasteiger partial charge in [0.2, 0.25) is 5.69 Å². The van der Waals surface area contributed by atoms with Gasteiger partial charge in [-0.3, -0.25) is 24.3 Å². The highest BCUT2D eigenvalue weighted by atomic mass is 35.5. The summed E-state index contributed by atoms with van der Waals surface area (Å²) >= 11 is 6.12. The maximum absolute atomic E-state index is 12.4.